The number of amides is 1. The van der Waals surface area contributed by atoms with Crippen LogP contribution in [0.25, 0.3) is 0 Å². The maximum Gasteiger partial charge on any atom is 0.234 e. The fraction of sp³-hybridized carbons (Fsp3) is 0.562. The van der Waals surface area contributed by atoms with Crippen molar-refractivity contribution in [3.8, 4) is 0 Å². The number of nitrogens with two attached hydrogens (primary N) is 1. The van der Waals surface area contributed by atoms with Gasteiger partial charge in [-0.3, -0.25) is 9.69 Å². The molecule has 1 saturated carbocycles. The van der Waals surface area contributed by atoms with Crippen molar-refractivity contribution in [3.05, 3.63) is 35.6 Å². The van der Waals surface area contributed by atoms with Crippen LogP contribution in [0.3, 0.4) is 0 Å². The van der Waals surface area contributed by atoms with Gasteiger partial charge in [0.25, 0.3) is 0 Å². The molecule has 0 bridgehead atoms. The Morgan fingerprint density at radius 3 is 2.57 bits per heavy atom. The minimum Gasteiger partial charge on any atom is -0.348 e. The summed E-state index contributed by atoms with van der Waals surface area (Å²) in [6.07, 6.45) is 2.42. The van der Waals surface area contributed by atoms with Crippen molar-refractivity contribution in [2.24, 2.45) is 11.7 Å². The number of likely N-dealkylation sites (N-methyl/N-ethyl adjacent to an activating group) is 1. The number of rotatable bonds is 7. The van der Waals surface area contributed by atoms with Crippen LogP contribution < -0.4 is 11.1 Å². The molecule has 2 atom stereocenters. The standard InChI is InChI=1S/C16H24FN3O/c1-11(12-5-7-14(17)8-6-12)19-16(21)10-20(2)15(9-18)13-3-4-13/h5-8,11,13,15H,3-4,9-10,18H2,1-2H3,(H,19,21). The average molecular weight is 293 g/mol. The van der Waals surface area contributed by atoms with E-state index in [0.717, 1.165) is 5.56 Å². The summed E-state index contributed by atoms with van der Waals surface area (Å²) in [5, 5.41) is 2.94. The Hall–Kier alpha value is -1.46. The van der Waals surface area contributed by atoms with Crippen LogP contribution >= 0.6 is 0 Å². The number of nitrogens with zero attached hydrogens (tertiary/aromatic N) is 1. The van der Waals surface area contributed by atoms with Gasteiger partial charge < -0.3 is 11.1 Å². The molecule has 1 aromatic rings. The molecule has 1 fully saturated rings. The summed E-state index contributed by atoms with van der Waals surface area (Å²) in [7, 11) is 1.94. The van der Waals surface area contributed by atoms with E-state index in [1.807, 2.05) is 18.9 Å². The molecular formula is C16H24FN3O. The second-order valence-corrected chi connectivity index (χ2v) is 5.90. The highest BCUT2D eigenvalue weighted by Gasteiger charge is 2.33. The van der Waals surface area contributed by atoms with Gasteiger partial charge in [-0.05, 0) is 50.4 Å². The minimum atomic E-state index is -0.271. The predicted molar refractivity (Wildman–Crippen MR) is 81.2 cm³/mol. The Labute approximate surface area is 125 Å². The van der Waals surface area contributed by atoms with Gasteiger partial charge in [-0.25, -0.2) is 4.39 Å². The Kier molecular flexibility index (Phi) is 5.31. The molecule has 0 aromatic heterocycles. The second kappa shape index (κ2) is 7.00. The van der Waals surface area contributed by atoms with Crippen molar-refractivity contribution < 1.29 is 9.18 Å². The van der Waals surface area contributed by atoms with Crippen LogP contribution in [0.5, 0.6) is 0 Å². The summed E-state index contributed by atoms with van der Waals surface area (Å²) in [5.74, 6) is 0.336. The van der Waals surface area contributed by atoms with E-state index in [4.69, 9.17) is 5.73 Å². The second-order valence-electron chi connectivity index (χ2n) is 5.90. The number of halogens is 1. The van der Waals surface area contributed by atoms with E-state index in [2.05, 4.69) is 5.32 Å². The Balaban J connectivity index is 1.84. The number of carbonyl (C=O) groups excluding carboxylic acids is 1. The van der Waals surface area contributed by atoms with Gasteiger partial charge in [-0.2, -0.15) is 0 Å². The van der Waals surface area contributed by atoms with Crippen LogP contribution in [0.2, 0.25) is 0 Å². The lowest BCUT2D eigenvalue weighted by atomic mass is 10.1. The first-order valence-corrected chi connectivity index (χ1v) is 7.46. The highest BCUT2D eigenvalue weighted by atomic mass is 19.1. The molecule has 2 rings (SSSR count). The van der Waals surface area contributed by atoms with Gasteiger partial charge in [0, 0.05) is 12.6 Å². The Morgan fingerprint density at radius 1 is 1.43 bits per heavy atom. The lowest BCUT2D eigenvalue weighted by molar-refractivity contribution is -0.123. The lowest BCUT2D eigenvalue weighted by Gasteiger charge is -2.27. The Bertz CT molecular complexity index is 473. The zero-order valence-corrected chi connectivity index (χ0v) is 12.7. The molecule has 116 valence electrons. The largest absolute Gasteiger partial charge is 0.348 e. The molecule has 0 saturated heterocycles. The van der Waals surface area contributed by atoms with Crippen LogP contribution in [0, 0.1) is 11.7 Å². The maximum atomic E-state index is 12.9. The fourth-order valence-electron chi connectivity index (χ4n) is 2.68. The van der Waals surface area contributed by atoms with Gasteiger partial charge in [-0.15, -0.1) is 0 Å². The monoisotopic (exact) mass is 293 g/mol. The third-order valence-corrected chi connectivity index (χ3v) is 4.11. The van der Waals surface area contributed by atoms with Crippen molar-refractivity contribution >= 4 is 5.91 Å². The predicted octanol–water partition coefficient (Wildman–Crippen LogP) is 1.67. The first kappa shape index (κ1) is 15.9. The summed E-state index contributed by atoms with van der Waals surface area (Å²) in [6.45, 7) is 2.82. The summed E-state index contributed by atoms with van der Waals surface area (Å²) in [4.78, 5) is 14.1. The number of hydrogen-bond acceptors (Lipinski definition) is 3. The van der Waals surface area contributed by atoms with E-state index in [9.17, 15) is 9.18 Å². The van der Waals surface area contributed by atoms with E-state index in [0.29, 0.717) is 19.0 Å². The first-order valence-electron chi connectivity index (χ1n) is 7.46. The van der Waals surface area contributed by atoms with Crippen molar-refractivity contribution in [2.45, 2.75) is 31.8 Å². The van der Waals surface area contributed by atoms with E-state index >= 15 is 0 Å². The zero-order chi connectivity index (χ0) is 15.4. The molecule has 2 unspecified atom stereocenters. The van der Waals surface area contributed by atoms with Crippen molar-refractivity contribution in [1.82, 2.24) is 10.2 Å². The van der Waals surface area contributed by atoms with Crippen LogP contribution in [-0.4, -0.2) is 37.0 Å². The van der Waals surface area contributed by atoms with Gasteiger partial charge in [-0.1, -0.05) is 12.1 Å². The third-order valence-electron chi connectivity index (χ3n) is 4.11. The van der Waals surface area contributed by atoms with Gasteiger partial charge >= 0.3 is 0 Å². The van der Waals surface area contributed by atoms with Crippen LogP contribution in [0.4, 0.5) is 4.39 Å². The van der Waals surface area contributed by atoms with Crippen molar-refractivity contribution in [1.29, 1.82) is 0 Å². The molecule has 1 aromatic carbocycles. The molecule has 21 heavy (non-hydrogen) atoms. The highest BCUT2D eigenvalue weighted by molar-refractivity contribution is 5.78. The average Bonchev–Trinajstić information content (AvgIpc) is 3.24. The van der Waals surface area contributed by atoms with Crippen molar-refractivity contribution in [2.75, 3.05) is 20.1 Å². The molecule has 4 nitrogen and oxygen atoms in total. The topological polar surface area (TPSA) is 58.4 Å². The molecule has 1 aliphatic rings. The summed E-state index contributed by atoms with van der Waals surface area (Å²) in [5.41, 5.74) is 6.68. The zero-order valence-electron chi connectivity index (χ0n) is 12.7. The minimum absolute atomic E-state index is 0.0339. The summed E-state index contributed by atoms with van der Waals surface area (Å²) < 4.78 is 12.9. The number of hydrogen-bond donors (Lipinski definition) is 2. The van der Waals surface area contributed by atoms with Gasteiger partial charge in [0.15, 0.2) is 0 Å². The van der Waals surface area contributed by atoms with E-state index in [1.165, 1.54) is 25.0 Å². The van der Waals surface area contributed by atoms with E-state index in [1.54, 1.807) is 12.1 Å². The molecule has 0 radical (unpaired) electrons. The smallest absolute Gasteiger partial charge is 0.234 e. The maximum absolute atomic E-state index is 12.9. The highest BCUT2D eigenvalue weighted by Crippen LogP contribution is 2.34. The SMILES string of the molecule is CC(NC(=O)CN(C)C(CN)C1CC1)c1ccc(F)cc1. The molecule has 3 N–H and O–H groups in total. The number of carbonyl (C=O) groups is 1. The fourth-order valence-corrected chi connectivity index (χ4v) is 2.68. The van der Waals surface area contributed by atoms with E-state index in [-0.39, 0.29) is 23.8 Å². The van der Waals surface area contributed by atoms with Crippen LogP contribution in [0.15, 0.2) is 24.3 Å². The van der Waals surface area contributed by atoms with Crippen LogP contribution in [0.1, 0.15) is 31.4 Å². The molecule has 0 spiro atoms. The summed E-state index contributed by atoms with van der Waals surface area (Å²) >= 11 is 0. The normalized spacial score (nSPS) is 17.6. The summed E-state index contributed by atoms with van der Waals surface area (Å²) in [6, 6.07) is 6.34. The molecule has 0 heterocycles. The molecule has 0 aliphatic heterocycles. The quantitative estimate of drug-likeness (QED) is 0.804. The van der Waals surface area contributed by atoms with E-state index < -0.39 is 0 Å². The molecular weight excluding hydrogens is 269 g/mol. The third kappa shape index (κ3) is 4.51. The number of nitrogens with one attached hydrogen (secondary N) is 1. The molecule has 1 amide bonds. The van der Waals surface area contributed by atoms with Gasteiger partial charge in [0.2, 0.25) is 5.91 Å². The van der Waals surface area contributed by atoms with Crippen LogP contribution in [-0.2, 0) is 4.79 Å². The molecule has 1 aliphatic carbocycles. The Morgan fingerprint density at radius 2 is 2.05 bits per heavy atom. The lowest BCUT2D eigenvalue weighted by Crippen LogP contribution is -2.45. The van der Waals surface area contributed by atoms with Gasteiger partial charge in [0.05, 0.1) is 12.6 Å². The molecule has 5 heteroatoms. The first-order chi connectivity index (χ1) is 10.0. The number of benzene rings is 1. The van der Waals surface area contributed by atoms with Gasteiger partial charge in [0.1, 0.15) is 5.82 Å². The van der Waals surface area contributed by atoms with Crippen molar-refractivity contribution in [3.63, 3.8) is 0 Å².